The van der Waals surface area contributed by atoms with Gasteiger partial charge in [-0.15, -0.1) is 0 Å². The predicted molar refractivity (Wildman–Crippen MR) is 116 cm³/mol. The topological polar surface area (TPSA) is 40.5 Å². The molecular formula is C26H46O2. The van der Waals surface area contributed by atoms with Crippen LogP contribution in [0.2, 0.25) is 0 Å². The molecule has 4 aliphatic carbocycles. The molecule has 0 heterocycles. The van der Waals surface area contributed by atoms with Gasteiger partial charge in [-0.2, -0.15) is 0 Å². The number of aliphatic hydroxyl groups is 2. The fourth-order valence-corrected chi connectivity index (χ4v) is 9.63. The summed E-state index contributed by atoms with van der Waals surface area (Å²) >= 11 is 0. The fourth-order valence-electron chi connectivity index (χ4n) is 9.63. The monoisotopic (exact) mass is 390 g/mol. The third-order valence-corrected chi connectivity index (χ3v) is 10.9. The first-order chi connectivity index (χ1) is 13.4. The van der Waals surface area contributed by atoms with Crippen molar-refractivity contribution in [2.75, 3.05) is 6.61 Å². The Balaban J connectivity index is 1.63. The second-order valence-electron chi connectivity index (χ2n) is 11.8. The smallest absolute Gasteiger partial charge is 0.0605 e. The normalized spacial score (nSPS) is 51.9. The Hall–Kier alpha value is -0.0800. The molecule has 4 aliphatic rings. The molecule has 0 aromatic rings. The molecule has 0 aliphatic heterocycles. The van der Waals surface area contributed by atoms with E-state index in [-0.39, 0.29) is 6.10 Å². The Kier molecular flexibility index (Phi) is 5.95. The Morgan fingerprint density at radius 1 is 0.929 bits per heavy atom. The molecule has 4 fully saturated rings. The zero-order valence-electron chi connectivity index (χ0n) is 19.0. The van der Waals surface area contributed by atoms with Crippen LogP contribution in [0.15, 0.2) is 0 Å². The van der Waals surface area contributed by atoms with E-state index in [1.807, 2.05) is 0 Å². The highest BCUT2D eigenvalue weighted by Crippen LogP contribution is 2.69. The summed E-state index contributed by atoms with van der Waals surface area (Å²) in [4.78, 5) is 0. The van der Waals surface area contributed by atoms with E-state index in [0.29, 0.717) is 35.2 Å². The molecule has 2 nitrogen and oxygen atoms in total. The minimum atomic E-state index is -0.0673. The van der Waals surface area contributed by atoms with Crippen LogP contribution in [0.1, 0.15) is 98.3 Å². The molecule has 4 saturated carbocycles. The second-order valence-corrected chi connectivity index (χ2v) is 11.8. The lowest BCUT2D eigenvalue weighted by Gasteiger charge is -2.64. The van der Waals surface area contributed by atoms with Gasteiger partial charge in [0.2, 0.25) is 0 Å². The van der Waals surface area contributed by atoms with Crippen molar-refractivity contribution in [3.63, 3.8) is 0 Å². The maximum absolute atomic E-state index is 11.7. The highest BCUT2D eigenvalue weighted by Gasteiger charge is 2.64. The molecule has 0 bridgehead atoms. The molecule has 10 atom stereocenters. The number of fused-ring (bicyclic) bond motifs is 5. The van der Waals surface area contributed by atoms with Gasteiger partial charge < -0.3 is 10.2 Å². The number of hydrogen-bond acceptors (Lipinski definition) is 2. The van der Waals surface area contributed by atoms with Gasteiger partial charge in [0.05, 0.1) is 6.10 Å². The first kappa shape index (κ1) is 21.2. The first-order valence-corrected chi connectivity index (χ1v) is 12.7. The largest absolute Gasteiger partial charge is 0.396 e. The summed E-state index contributed by atoms with van der Waals surface area (Å²) in [6.07, 6.45) is 14.2. The number of rotatable bonds is 5. The Labute approximate surface area is 173 Å². The van der Waals surface area contributed by atoms with Gasteiger partial charge >= 0.3 is 0 Å². The Morgan fingerprint density at radius 3 is 2.39 bits per heavy atom. The van der Waals surface area contributed by atoms with Crippen LogP contribution < -0.4 is 0 Å². The van der Waals surface area contributed by atoms with Crippen LogP contribution in [-0.2, 0) is 0 Å². The standard InChI is InChI=1S/C26H46O2/c1-5-18-20-10-6-7-14-25(20,3)22-13-15-26(4)19(17(2)9-8-16-27)11-12-21(26)23(22)24(18)28/h17-24,27-28H,5-16H2,1-4H3/t17-,18+,19-,20?,21?,22?,23?,24+,25+,26-/m1/s1. The summed E-state index contributed by atoms with van der Waals surface area (Å²) in [6.45, 7) is 10.3. The first-order valence-electron chi connectivity index (χ1n) is 12.7. The van der Waals surface area contributed by atoms with Crippen LogP contribution in [0.4, 0.5) is 0 Å². The van der Waals surface area contributed by atoms with Gasteiger partial charge in [-0.05, 0) is 104 Å². The van der Waals surface area contributed by atoms with Gasteiger partial charge in [-0.25, -0.2) is 0 Å². The van der Waals surface area contributed by atoms with Crippen LogP contribution >= 0.6 is 0 Å². The van der Waals surface area contributed by atoms with E-state index in [1.165, 1.54) is 51.4 Å². The summed E-state index contributed by atoms with van der Waals surface area (Å²) in [5.74, 6) is 4.79. The summed E-state index contributed by atoms with van der Waals surface area (Å²) in [7, 11) is 0. The Morgan fingerprint density at radius 2 is 1.68 bits per heavy atom. The van der Waals surface area contributed by atoms with E-state index in [0.717, 1.165) is 42.9 Å². The van der Waals surface area contributed by atoms with Crippen LogP contribution in [0.25, 0.3) is 0 Å². The van der Waals surface area contributed by atoms with E-state index in [4.69, 9.17) is 0 Å². The van der Waals surface area contributed by atoms with E-state index in [1.54, 1.807) is 0 Å². The lowest BCUT2D eigenvalue weighted by Crippen LogP contribution is -2.61. The lowest BCUT2D eigenvalue weighted by atomic mass is 9.41. The summed E-state index contributed by atoms with van der Waals surface area (Å²) < 4.78 is 0. The molecule has 4 rings (SSSR count). The van der Waals surface area contributed by atoms with Gasteiger partial charge in [0, 0.05) is 6.61 Å². The molecule has 4 unspecified atom stereocenters. The van der Waals surface area contributed by atoms with Gasteiger partial charge in [0.25, 0.3) is 0 Å². The number of hydrogen-bond donors (Lipinski definition) is 2. The third-order valence-electron chi connectivity index (χ3n) is 10.9. The molecule has 0 saturated heterocycles. The number of aliphatic hydroxyl groups excluding tert-OH is 2. The highest BCUT2D eigenvalue weighted by atomic mass is 16.3. The minimum absolute atomic E-state index is 0.0673. The quantitative estimate of drug-likeness (QED) is 0.600. The molecule has 28 heavy (non-hydrogen) atoms. The average molecular weight is 391 g/mol. The van der Waals surface area contributed by atoms with Crippen LogP contribution in [-0.4, -0.2) is 22.9 Å². The molecule has 0 spiro atoms. The van der Waals surface area contributed by atoms with Crippen molar-refractivity contribution in [3.05, 3.63) is 0 Å². The van der Waals surface area contributed by atoms with Crippen LogP contribution in [0.3, 0.4) is 0 Å². The molecular weight excluding hydrogens is 344 g/mol. The summed E-state index contributed by atoms with van der Waals surface area (Å²) in [6, 6.07) is 0. The van der Waals surface area contributed by atoms with E-state index in [9.17, 15) is 10.2 Å². The maximum atomic E-state index is 11.7. The lowest BCUT2D eigenvalue weighted by molar-refractivity contribution is -0.194. The highest BCUT2D eigenvalue weighted by molar-refractivity contribution is 5.13. The minimum Gasteiger partial charge on any atom is -0.396 e. The van der Waals surface area contributed by atoms with Gasteiger partial charge in [0.15, 0.2) is 0 Å². The average Bonchev–Trinajstić information content (AvgIpc) is 3.04. The van der Waals surface area contributed by atoms with Crippen molar-refractivity contribution in [1.29, 1.82) is 0 Å². The van der Waals surface area contributed by atoms with Crippen molar-refractivity contribution in [2.24, 2.45) is 52.3 Å². The SMILES string of the molecule is CC[C@H]1C2CCCC[C@]2(C)C2CC[C@@]3(C)C(CC[C@@H]3[C@H](C)CCCO)C2[C@H]1O. The molecule has 2 N–H and O–H groups in total. The van der Waals surface area contributed by atoms with Crippen molar-refractivity contribution in [1.82, 2.24) is 0 Å². The zero-order chi connectivity index (χ0) is 20.1. The molecule has 0 aromatic carbocycles. The third kappa shape index (κ3) is 3.03. The maximum Gasteiger partial charge on any atom is 0.0605 e. The zero-order valence-corrected chi connectivity index (χ0v) is 19.0. The van der Waals surface area contributed by atoms with Crippen molar-refractivity contribution in [3.8, 4) is 0 Å². The predicted octanol–water partition coefficient (Wildman–Crippen LogP) is 6.05. The van der Waals surface area contributed by atoms with Gasteiger partial charge in [-0.1, -0.05) is 47.0 Å². The fraction of sp³-hybridized carbons (Fsp3) is 1.00. The van der Waals surface area contributed by atoms with Gasteiger partial charge in [0.1, 0.15) is 0 Å². The Bertz CT molecular complexity index is 547. The molecule has 162 valence electrons. The second kappa shape index (κ2) is 7.88. The molecule has 0 aromatic heterocycles. The van der Waals surface area contributed by atoms with Crippen LogP contribution in [0, 0.1) is 52.3 Å². The van der Waals surface area contributed by atoms with Gasteiger partial charge in [-0.3, -0.25) is 0 Å². The van der Waals surface area contributed by atoms with Crippen molar-refractivity contribution in [2.45, 2.75) is 104 Å². The molecule has 2 heteroatoms. The van der Waals surface area contributed by atoms with Crippen molar-refractivity contribution >= 4 is 0 Å². The summed E-state index contributed by atoms with van der Waals surface area (Å²) in [5.41, 5.74) is 0.887. The van der Waals surface area contributed by atoms with E-state index >= 15 is 0 Å². The molecule has 0 radical (unpaired) electrons. The molecule has 0 amide bonds. The van der Waals surface area contributed by atoms with E-state index < -0.39 is 0 Å². The van der Waals surface area contributed by atoms with Crippen LogP contribution in [0.5, 0.6) is 0 Å². The van der Waals surface area contributed by atoms with E-state index in [2.05, 4.69) is 27.7 Å². The van der Waals surface area contributed by atoms with Crippen molar-refractivity contribution < 1.29 is 10.2 Å². The summed E-state index contributed by atoms with van der Waals surface area (Å²) in [5, 5.41) is 21.0.